The van der Waals surface area contributed by atoms with E-state index >= 15 is 0 Å². The van der Waals surface area contributed by atoms with Crippen LogP contribution in [-0.2, 0) is 5.41 Å². The monoisotopic (exact) mass is 415 g/mol. The Morgan fingerprint density at radius 1 is 1.04 bits per heavy atom. The summed E-state index contributed by atoms with van der Waals surface area (Å²) in [6, 6.07) is 6.82. The molecule has 1 aromatic rings. The Morgan fingerprint density at radius 2 is 1.64 bits per heavy atom. The van der Waals surface area contributed by atoms with Gasteiger partial charge in [-0.15, -0.1) is 11.6 Å². The van der Waals surface area contributed by atoms with Crippen LogP contribution in [0.2, 0.25) is 13.1 Å². The summed E-state index contributed by atoms with van der Waals surface area (Å²) in [7, 11) is -0.844. The average molecular weight is 416 g/mol. The summed E-state index contributed by atoms with van der Waals surface area (Å²) in [6.45, 7) is 11.4. The van der Waals surface area contributed by atoms with Crippen molar-refractivity contribution in [2.45, 2.75) is 77.8 Å². The molecule has 0 heterocycles. The number of para-hydroxylation sites is 1. The molecular weight excluding hydrogens is 380 g/mol. The third kappa shape index (κ3) is 3.84. The van der Waals surface area contributed by atoms with Gasteiger partial charge in [-0.2, -0.15) is 0 Å². The lowest BCUT2D eigenvalue weighted by atomic mass is 9.53. The zero-order valence-electron chi connectivity index (χ0n) is 18.3. The second-order valence-corrected chi connectivity index (χ2v) is 13.0. The first-order valence-corrected chi connectivity index (χ1v) is 14.1. The van der Waals surface area contributed by atoms with E-state index in [1.807, 2.05) is 0 Å². The minimum Gasteiger partial charge on any atom is -0.542 e. The molecule has 4 aliphatic carbocycles. The molecule has 0 spiro atoms. The zero-order valence-corrected chi connectivity index (χ0v) is 20.0. The maximum atomic E-state index is 6.60. The van der Waals surface area contributed by atoms with Crippen molar-refractivity contribution < 1.29 is 4.43 Å². The Morgan fingerprint density at radius 3 is 2.14 bits per heavy atom. The highest BCUT2D eigenvalue weighted by Gasteiger charge is 2.46. The zero-order chi connectivity index (χ0) is 20.1. The van der Waals surface area contributed by atoms with Crippen LogP contribution in [0.25, 0.3) is 5.57 Å². The van der Waals surface area contributed by atoms with Crippen molar-refractivity contribution in [3.63, 3.8) is 0 Å². The smallest absolute Gasteiger partial charge is 0.274 e. The molecule has 0 amide bonds. The van der Waals surface area contributed by atoms with Gasteiger partial charge in [-0.3, -0.25) is 0 Å². The molecule has 0 unspecified atom stereocenters. The number of allylic oxidation sites excluding steroid dienone is 2. The molecule has 28 heavy (non-hydrogen) atoms. The van der Waals surface area contributed by atoms with Crippen molar-refractivity contribution in [1.82, 2.24) is 0 Å². The molecule has 1 aromatic carbocycles. The van der Waals surface area contributed by atoms with Gasteiger partial charge in [0.2, 0.25) is 0 Å². The minimum absolute atomic E-state index is 0.0729. The van der Waals surface area contributed by atoms with Gasteiger partial charge in [0.15, 0.2) is 0 Å². The summed E-state index contributed by atoms with van der Waals surface area (Å²) in [5.74, 6) is 5.42. The van der Waals surface area contributed by atoms with Gasteiger partial charge in [0, 0.05) is 11.4 Å². The summed E-state index contributed by atoms with van der Waals surface area (Å²) in [6.07, 6.45) is 8.13. The second kappa shape index (κ2) is 7.83. The van der Waals surface area contributed by atoms with E-state index in [1.165, 1.54) is 48.8 Å². The van der Waals surface area contributed by atoms with Crippen molar-refractivity contribution in [1.29, 1.82) is 0 Å². The van der Waals surface area contributed by atoms with Crippen LogP contribution >= 0.6 is 11.6 Å². The van der Waals surface area contributed by atoms with Crippen LogP contribution in [0.1, 0.15) is 70.4 Å². The Bertz CT molecular complexity index is 728. The first kappa shape index (κ1) is 20.5. The third-order valence-electron chi connectivity index (χ3n) is 7.17. The van der Waals surface area contributed by atoms with Crippen molar-refractivity contribution in [2.24, 2.45) is 23.7 Å². The predicted octanol–water partition coefficient (Wildman–Crippen LogP) is 7.45. The molecule has 1 radical (unpaired) electrons. The Hall–Kier alpha value is -0.733. The van der Waals surface area contributed by atoms with E-state index < -0.39 is 9.04 Å². The molecule has 0 aromatic heterocycles. The van der Waals surface area contributed by atoms with Gasteiger partial charge in [-0.25, -0.2) is 0 Å². The normalized spacial score (nSPS) is 28.9. The minimum atomic E-state index is -0.844. The summed E-state index contributed by atoms with van der Waals surface area (Å²) >= 11 is 6.38. The highest BCUT2D eigenvalue weighted by atomic mass is 35.5. The molecule has 4 saturated carbocycles. The van der Waals surface area contributed by atoms with E-state index in [1.54, 1.807) is 5.57 Å². The van der Waals surface area contributed by atoms with Gasteiger partial charge >= 0.3 is 0 Å². The van der Waals surface area contributed by atoms with Gasteiger partial charge < -0.3 is 4.43 Å². The van der Waals surface area contributed by atoms with Gasteiger partial charge in [-0.05, 0) is 91.8 Å². The molecule has 3 heteroatoms. The molecule has 1 nitrogen and oxygen atoms in total. The lowest BCUT2D eigenvalue weighted by Gasteiger charge is -2.52. The molecule has 4 aliphatic rings. The lowest BCUT2D eigenvalue weighted by Crippen LogP contribution is -2.40. The van der Waals surface area contributed by atoms with E-state index in [9.17, 15) is 0 Å². The topological polar surface area (TPSA) is 9.23 Å². The van der Waals surface area contributed by atoms with Gasteiger partial charge in [0.05, 0.1) is 0 Å². The summed E-state index contributed by atoms with van der Waals surface area (Å²) in [5.41, 5.74) is 6.07. The number of halogens is 1. The lowest BCUT2D eigenvalue weighted by molar-refractivity contribution is 0.0702. The Balaban J connectivity index is 1.87. The van der Waals surface area contributed by atoms with Gasteiger partial charge in [0.25, 0.3) is 9.04 Å². The predicted molar refractivity (Wildman–Crippen MR) is 123 cm³/mol. The maximum absolute atomic E-state index is 6.60. The summed E-state index contributed by atoms with van der Waals surface area (Å²) in [4.78, 5) is 0. The third-order valence-corrected chi connectivity index (χ3v) is 7.97. The molecule has 0 N–H and O–H groups in total. The Labute approximate surface area is 178 Å². The van der Waals surface area contributed by atoms with E-state index in [0.29, 0.717) is 5.88 Å². The number of hydrogen-bond acceptors (Lipinski definition) is 1. The molecule has 5 rings (SSSR count). The highest BCUT2D eigenvalue weighted by Crippen LogP contribution is 2.58. The van der Waals surface area contributed by atoms with Crippen molar-refractivity contribution in [3.05, 3.63) is 34.9 Å². The first-order chi connectivity index (χ1) is 13.3. The fraction of sp³-hybridized carbons (Fsp3) is 0.680. The highest BCUT2D eigenvalue weighted by molar-refractivity contribution is 6.49. The van der Waals surface area contributed by atoms with E-state index in [4.69, 9.17) is 16.0 Å². The number of hydrogen-bond donors (Lipinski definition) is 0. The summed E-state index contributed by atoms with van der Waals surface area (Å²) in [5, 5.41) is 0. The quantitative estimate of drug-likeness (QED) is 0.358. The molecule has 4 fully saturated rings. The van der Waals surface area contributed by atoms with E-state index in [2.05, 4.69) is 52.1 Å². The van der Waals surface area contributed by atoms with Gasteiger partial charge in [-0.1, -0.05) is 44.5 Å². The van der Waals surface area contributed by atoms with Crippen LogP contribution in [0.5, 0.6) is 5.75 Å². The molecule has 0 saturated heterocycles. The molecule has 153 valence electrons. The van der Waals surface area contributed by atoms with Crippen LogP contribution in [0.15, 0.2) is 23.8 Å². The number of rotatable bonds is 5. The van der Waals surface area contributed by atoms with E-state index in [-0.39, 0.29) is 5.41 Å². The van der Waals surface area contributed by atoms with Crippen LogP contribution in [0.3, 0.4) is 0 Å². The molecular formula is C25H36ClOSi. The van der Waals surface area contributed by atoms with Crippen LogP contribution in [0, 0.1) is 23.7 Å². The first-order valence-electron chi connectivity index (χ1n) is 11.2. The standard InChI is InChI=1S/C25H36ClOSi/c1-25(2,3)22-8-6-7-21(24(22)27-28(4)5)20(9-10-26)23-18-12-16-11-17(14-18)15-19(23)13-16/h6-8,16-19H,9-15H2,1-5H3. The maximum Gasteiger partial charge on any atom is 0.274 e. The van der Waals surface area contributed by atoms with Crippen LogP contribution in [-0.4, -0.2) is 14.9 Å². The Kier molecular flexibility index (Phi) is 5.75. The molecule has 0 atom stereocenters. The fourth-order valence-electron chi connectivity index (χ4n) is 6.39. The average Bonchev–Trinajstić information content (AvgIpc) is 2.59. The van der Waals surface area contributed by atoms with E-state index in [0.717, 1.165) is 35.8 Å². The summed E-state index contributed by atoms with van der Waals surface area (Å²) < 4.78 is 6.60. The van der Waals surface area contributed by atoms with Crippen molar-refractivity contribution in [2.75, 3.05) is 5.88 Å². The molecule has 0 aliphatic heterocycles. The fourth-order valence-corrected chi connectivity index (χ4v) is 7.21. The number of benzene rings is 1. The SMILES string of the molecule is C[Si](C)Oc1c(C(CCCl)=C2C3CC4CC(C3)CC2C4)cccc1C(C)(C)C. The van der Waals surface area contributed by atoms with Crippen molar-refractivity contribution in [3.8, 4) is 5.75 Å². The van der Waals surface area contributed by atoms with Crippen LogP contribution in [0.4, 0.5) is 0 Å². The number of alkyl halides is 1. The largest absolute Gasteiger partial charge is 0.542 e. The van der Waals surface area contributed by atoms with Crippen LogP contribution < -0.4 is 4.43 Å². The second-order valence-electron chi connectivity index (χ2n) is 10.6. The van der Waals surface area contributed by atoms with Gasteiger partial charge in [0.1, 0.15) is 5.75 Å². The molecule has 4 bridgehead atoms. The van der Waals surface area contributed by atoms with Crippen molar-refractivity contribution >= 4 is 26.2 Å².